The lowest BCUT2D eigenvalue weighted by Crippen LogP contribution is -2.10. The maximum absolute atomic E-state index is 9.14. The molecule has 0 amide bonds. The van der Waals surface area contributed by atoms with Gasteiger partial charge in [-0.2, -0.15) is 11.8 Å². The molecular weight excluding hydrogens is 344 g/mol. The maximum Gasteiger partial charge on any atom is 0.210 e. The van der Waals surface area contributed by atoms with E-state index in [1.54, 1.807) is 23.1 Å². The molecule has 0 aliphatic rings. The molecule has 24 heavy (non-hydrogen) atoms. The topological polar surface area (TPSA) is 86.1 Å². The van der Waals surface area contributed by atoms with Crippen LogP contribution in [0.15, 0.2) is 40.3 Å². The highest BCUT2D eigenvalue weighted by Crippen LogP contribution is 2.16. The number of thiophene rings is 1. The van der Waals surface area contributed by atoms with Crippen LogP contribution >= 0.6 is 23.1 Å². The molecule has 8 heteroatoms. The Balaban J connectivity index is 1.29. The van der Waals surface area contributed by atoms with Crippen LogP contribution in [0.3, 0.4) is 0 Å². The fourth-order valence-corrected chi connectivity index (χ4v) is 3.55. The van der Waals surface area contributed by atoms with Gasteiger partial charge in [-0.25, -0.2) is 4.98 Å². The minimum Gasteiger partial charge on any atom is -0.493 e. The van der Waals surface area contributed by atoms with Gasteiger partial charge in [-0.1, -0.05) is 6.07 Å². The highest BCUT2D eigenvalue weighted by atomic mass is 32.2. The van der Waals surface area contributed by atoms with Crippen molar-refractivity contribution in [1.82, 2.24) is 15.3 Å². The molecular formula is C16H20N4O2S2. The lowest BCUT2D eigenvalue weighted by atomic mass is 10.4. The van der Waals surface area contributed by atoms with Crippen molar-refractivity contribution in [2.24, 2.45) is 0 Å². The number of aromatic hydroxyl groups is 1. The van der Waals surface area contributed by atoms with Crippen molar-refractivity contribution in [1.29, 1.82) is 0 Å². The van der Waals surface area contributed by atoms with Crippen LogP contribution in [0, 0.1) is 0 Å². The van der Waals surface area contributed by atoms with Gasteiger partial charge in [0.25, 0.3) is 0 Å². The number of imidazole rings is 1. The van der Waals surface area contributed by atoms with E-state index in [0.717, 1.165) is 42.7 Å². The summed E-state index contributed by atoms with van der Waals surface area (Å²) in [5, 5.41) is 17.7. The summed E-state index contributed by atoms with van der Waals surface area (Å²) in [4.78, 5) is 8.02. The van der Waals surface area contributed by atoms with E-state index in [0.29, 0.717) is 5.95 Å². The number of furan rings is 1. The molecule has 0 fully saturated rings. The first-order chi connectivity index (χ1) is 11.8. The van der Waals surface area contributed by atoms with Crippen LogP contribution < -0.4 is 10.6 Å². The van der Waals surface area contributed by atoms with Crippen LogP contribution in [0.2, 0.25) is 0 Å². The Bertz CT molecular complexity index is 724. The number of thioether (sulfide) groups is 1. The smallest absolute Gasteiger partial charge is 0.210 e. The summed E-state index contributed by atoms with van der Waals surface area (Å²) in [7, 11) is 0. The van der Waals surface area contributed by atoms with Gasteiger partial charge in [-0.05, 0) is 23.6 Å². The van der Waals surface area contributed by atoms with E-state index in [-0.39, 0.29) is 5.88 Å². The molecule has 0 aromatic carbocycles. The average Bonchev–Trinajstić information content (AvgIpc) is 3.30. The summed E-state index contributed by atoms with van der Waals surface area (Å²) in [6.07, 6.45) is 1.38. The number of anilines is 1. The number of nitrogens with one attached hydrogen (secondary N) is 3. The SMILES string of the molecule is Oc1cnc(NCCSCc2ccc(CNCc3cccs3)o2)[nH]1. The predicted molar refractivity (Wildman–Crippen MR) is 98.5 cm³/mol. The first-order valence-electron chi connectivity index (χ1n) is 7.66. The highest BCUT2D eigenvalue weighted by molar-refractivity contribution is 7.98. The third-order valence-corrected chi connectivity index (χ3v) is 5.10. The van der Waals surface area contributed by atoms with Gasteiger partial charge in [-0.3, -0.25) is 4.98 Å². The Morgan fingerprint density at radius 3 is 2.96 bits per heavy atom. The molecule has 3 aromatic rings. The number of hydrogen-bond acceptors (Lipinski definition) is 7. The Kier molecular flexibility index (Phi) is 6.22. The molecule has 128 valence electrons. The summed E-state index contributed by atoms with van der Waals surface area (Å²) >= 11 is 3.54. The number of H-pyrrole nitrogens is 1. The molecule has 4 N–H and O–H groups in total. The van der Waals surface area contributed by atoms with Crippen LogP contribution in [0.25, 0.3) is 0 Å². The van der Waals surface area contributed by atoms with Crippen molar-refractivity contribution in [2.45, 2.75) is 18.8 Å². The fourth-order valence-electron chi connectivity index (χ4n) is 2.13. The largest absolute Gasteiger partial charge is 0.493 e. The van der Waals surface area contributed by atoms with Gasteiger partial charge in [0, 0.05) is 23.7 Å². The number of hydrogen-bond donors (Lipinski definition) is 4. The van der Waals surface area contributed by atoms with Crippen molar-refractivity contribution < 1.29 is 9.52 Å². The molecule has 0 bridgehead atoms. The quantitative estimate of drug-likeness (QED) is 0.413. The minimum atomic E-state index is 0.0703. The van der Waals surface area contributed by atoms with E-state index < -0.39 is 0 Å². The second-order valence-corrected chi connectivity index (χ2v) is 7.28. The zero-order valence-corrected chi connectivity index (χ0v) is 14.8. The van der Waals surface area contributed by atoms with Gasteiger partial charge >= 0.3 is 0 Å². The zero-order chi connectivity index (χ0) is 16.6. The third-order valence-electron chi connectivity index (χ3n) is 3.24. The fraction of sp³-hybridized carbons (Fsp3) is 0.312. The van der Waals surface area contributed by atoms with E-state index in [1.165, 1.54) is 11.1 Å². The minimum absolute atomic E-state index is 0.0703. The second-order valence-electron chi connectivity index (χ2n) is 5.15. The van der Waals surface area contributed by atoms with Gasteiger partial charge in [0.05, 0.1) is 18.5 Å². The Labute approximate surface area is 148 Å². The summed E-state index contributed by atoms with van der Waals surface area (Å²) in [6.45, 7) is 2.39. The molecule has 0 atom stereocenters. The van der Waals surface area contributed by atoms with E-state index in [9.17, 15) is 0 Å². The first kappa shape index (κ1) is 16.9. The van der Waals surface area contributed by atoms with Crippen LogP contribution in [-0.4, -0.2) is 27.4 Å². The number of rotatable bonds is 10. The monoisotopic (exact) mass is 364 g/mol. The molecule has 3 rings (SSSR count). The molecule has 0 unspecified atom stereocenters. The predicted octanol–water partition coefficient (Wildman–Crippen LogP) is 3.40. The van der Waals surface area contributed by atoms with Crippen LogP contribution in [0.1, 0.15) is 16.4 Å². The van der Waals surface area contributed by atoms with E-state index in [2.05, 4.69) is 38.1 Å². The average molecular weight is 364 g/mol. The molecule has 0 spiro atoms. The van der Waals surface area contributed by atoms with Crippen molar-refractivity contribution >= 4 is 29.0 Å². The second kappa shape index (κ2) is 8.81. The Morgan fingerprint density at radius 2 is 2.17 bits per heavy atom. The molecule has 0 saturated carbocycles. The van der Waals surface area contributed by atoms with Crippen molar-refractivity contribution in [3.05, 3.63) is 52.2 Å². The standard InChI is InChI=1S/C16H20N4O2S2/c21-15-10-19-16(20-15)18-5-7-23-11-13-4-3-12(22-13)8-17-9-14-2-1-6-24-14/h1-4,6,10,17,21H,5,7-9,11H2,(H2,18,19,20). The Morgan fingerprint density at radius 1 is 1.25 bits per heavy atom. The zero-order valence-electron chi connectivity index (χ0n) is 13.1. The molecule has 3 aromatic heterocycles. The Hall–Kier alpha value is -1.90. The lowest BCUT2D eigenvalue weighted by molar-refractivity contribution is 0.457. The molecule has 6 nitrogen and oxygen atoms in total. The van der Waals surface area contributed by atoms with Gasteiger partial charge < -0.3 is 20.2 Å². The van der Waals surface area contributed by atoms with E-state index >= 15 is 0 Å². The van der Waals surface area contributed by atoms with Gasteiger partial charge in [-0.15, -0.1) is 11.3 Å². The summed E-state index contributed by atoms with van der Waals surface area (Å²) in [5.74, 6) is 4.38. The van der Waals surface area contributed by atoms with Gasteiger partial charge in [0.1, 0.15) is 11.5 Å². The molecule has 0 aliphatic carbocycles. The van der Waals surface area contributed by atoms with E-state index in [4.69, 9.17) is 9.52 Å². The molecule has 0 saturated heterocycles. The van der Waals surface area contributed by atoms with E-state index in [1.807, 2.05) is 12.1 Å². The number of aromatic amines is 1. The van der Waals surface area contributed by atoms with Gasteiger partial charge in [0.15, 0.2) is 0 Å². The number of aromatic nitrogens is 2. The van der Waals surface area contributed by atoms with Gasteiger partial charge in [0.2, 0.25) is 11.8 Å². The first-order valence-corrected chi connectivity index (χ1v) is 9.69. The van der Waals surface area contributed by atoms with Crippen molar-refractivity contribution in [3.63, 3.8) is 0 Å². The lowest BCUT2D eigenvalue weighted by Gasteiger charge is -2.02. The summed E-state index contributed by atoms with van der Waals surface area (Å²) < 4.78 is 5.82. The maximum atomic E-state index is 9.14. The number of nitrogens with zero attached hydrogens (tertiary/aromatic N) is 1. The van der Waals surface area contributed by atoms with Crippen LogP contribution in [0.5, 0.6) is 5.88 Å². The summed E-state index contributed by atoms with van der Waals surface area (Å²) in [6, 6.07) is 8.25. The molecule has 0 aliphatic heterocycles. The molecule has 0 radical (unpaired) electrons. The van der Waals surface area contributed by atoms with Crippen LogP contribution in [-0.2, 0) is 18.8 Å². The highest BCUT2D eigenvalue weighted by Gasteiger charge is 2.03. The third kappa shape index (κ3) is 5.33. The molecule has 3 heterocycles. The van der Waals surface area contributed by atoms with Crippen molar-refractivity contribution in [3.8, 4) is 5.88 Å². The normalized spacial score (nSPS) is 11.0. The summed E-state index contributed by atoms with van der Waals surface area (Å²) in [5.41, 5.74) is 0. The van der Waals surface area contributed by atoms with Crippen molar-refractivity contribution in [2.75, 3.05) is 17.6 Å². The van der Waals surface area contributed by atoms with Crippen LogP contribution in [0.4, 0.5) is 5.95 Å².